The van der Waals surface area contributed by atoms with Gasteiger partial charge in [-0.15, -0.1) is 0 Å². The number of aliphatic hydroxyl groups is 1. The van der Waals surface area contributed by atoms with Crippen LogP contribution in [0.5, 0.6) is 0 Å². The number of amides is 1. The first-order valence-electron chi connectivity index (χ1n) is 8.81. The SMILES string of the molecule is O=C(N[C@@H]1CN([C@H](c2ccc(Cl)nc2)C(F)(F)F)C[C@H]1O)OCc1ccccc1. The van der Waals surface area contributed by atoms with Crippen LogP contribution in [0.1, 0.15) is 17.2 Å². The molecule has 0 saturated carbocycles. The number of β-amino-alcohol motifs (C(OH)–C–C–N with tert-alkyl or cyclic N) is 1. The molecule has 2 N–H and O–H groups in total. The fraction of sp³-hybridized carbons (Fsp3) is 0.368. The Hall–Kier alpha value is -2.36. The van der Waals surface area contributed by atoms with Crippen LogP contribution in [-0.4, -0.2) is 52.5 Å². The number of nitrogens with one attached hydrogen (secondary N) is 1. The van der Waals surface area contributed by atoms with Crippen LogP contribution in [0.25, 0.3) is 0 Å². The Morgan fingerprint density at radius 2 is 2.00 bits per heavy atom. The second-order valence-corrected chi connectivity index (χ2v) is 7.08. The van der Waals surface area contributed by atoms with Gasteiger partial charge in [0.2, 0.25) is 0 Å². The molecule has 6 nitrogen and oxygen atoms in total. The van der Waals surface area contributed by atoms with Gasteiger partial charge in [-0.1, -0.05) is 48.0 Å². The minimum Gasteiger partial charge on any atom is -0.445 e. The molecule has 0 bridgehead atoms. The van der Waals surface area contributed by atoms with Gasteiger partial charge in [-0.2, -0.15) is 13.2 Å². The number of halogens is 4. The number of carbonyl (C=O) groups is 1. The summed E-state index contributed by atoms with van der Waals surface area (Å²) in [6, 6.07) is 8.59. The molecule has 2 aromatic rings. The summed E-state index contributed by atoms with van der Waals surface area (Å²) in [6.45, 7) is -0.453. The molecule has 29 heavy (non-hydrogen) atoms. The number of likely N-dealkylation sites (tertiary alicyclic amines) is 1. The highest BCUT2D eigenvalue weighted by Gasteiger charge is 2.49. The number of aromatic nitrogens is 1. The van der Waals surface area contributed by atoms with Crippen molar-refractivity contribution in [2.45, 2.75) is 31.0 Å². The van der Waals surface area contributed by atoms with E-state index in [0.717, 1.165) is 16.7 Å². The van der Waals surface area contributed by atoms with Gasteiger partial charge in [0.25, 0.3) is 0 Å². The predicted molar refractivity (Wildman–Crippen MR) is 99.2 cm³/mol. The minimum absolute atomic E-state index is 0.0147. The normalized spacial score (nSPS) is 21.0. The van der Waals surface area contributed by atoms with Crippen LogP contribution >= 0.6 is 11.6 Å². The average Bonchev–Trinajstić information content (AvgIpc) is 3.01. The van der Waals surface area contributed by atoms with Gasteiger partial charge in [0.05, 0.1) is 12.1 Å². The Morgan fingerprint density at radius 3 is 2.62 bits per heavy atom. The summed E-state index contributed by atoms with van der Waals surface area (Å²) in [5.74, 6) is 0. The third-order valence-electron chi connectivity index (χ3n) is 4.57. The molecule has 1 aliphatic rings. The van der Waals surface area contributed by atoms with E-state index < -0.39 is 30.5 Å². The number of alkyl carbamates (subject to hydrolysis) is 1. The number of ether oxygens (including phenoxy) is 1. The number of rotatable bonds is 5. The quantitative estimate of drug-likeness (QED) is 0.713. The molecule has 1 saturated heterocycles. The Labute approximate surface area is 170 Å². The maximum Gasteiger partial charge on any atom is 0.408 e. The van der Waals surface area contributed by atoms with Gasteiger partial charge in [-0.05, 0) is 17.2 Å². The third-order valence-corrected chi connectivity index (χ3v) is 4.80. The van der Waals surface area contributed by atoms with Gasteiger partial charge in [0.1, 0.15) is 17.8 Å². The molecule has 1 fully saturated rings. The van der Waals surface area contributed by atoms with Gasteiger partial charge in [-0.3, -0.25) is 4.90 Å². The van der Waals surface area contributed by atoms with E-state index in [-0.39, 0.29) is 30.4 Å². The van der Waals surface area contributed by atoms with E-state index >= 15 is 0 Å². The zero-order chi connectivity index (χ0) is 21.0. The molecule has 1 aromatic heterocycles. The lowest BCUT2D eigenvalue weighted by molar-refractivity contribution is -0.184. The van der Waals surface area contributed by atoms with Crippen LogP contribution < -0.4 is 5.32 Å². The first kappa shape index (κ1) is 21.4. The molecule has 3 rings (SSSR count). The highest BCUT2D eigenvalue weighted by molar-refractivity contribution is 6.29. The summed E-state index contributed by atoms with van der Waals surface area (Å²) >= 11 is 5.66. The Balaban J connectivity index is 1.63. The van der Waals surface area contributed by atoms with Crippen molar-refractivity contribution >= 4 is 17.7 Å². The number of aliphatic hydroxyl groups excluding tert-OH is 1. The highest BCUT2D eigenvalue weighted by atomic mass is 35.5. The van der Waals surface area contributed by atoms with E-state index in [2.05, 4.69) is 10.3 Å². The zero-order valence-corrected chi connectivity index (χ0v) is 15.9. The van der Waals surface area contributed by atoms with Crippen molar-refractivity contribution < 1.29 is 27.8 Å². The van der Waals surface area contributed by atoms with E-state index in [1.165, 1.54) is 12.1 Å². The molecule has 3 atom stereocenters. The molecule has 0 radical (unpaired) electrons. The van der Waals surface area contributed by atoms with E-state index in [9.17, 15) is 23.1 Å². The Bertz CT molecular complexity index is 821. The fourth-order valence-corrected chi connectivity index (χ4v) is 3.35. The van der Waals surface area contributed by atoms with Crippen molar-refractivity contribution in [3.8, 4) is 0 Å². The molecule has 10 heteroatoms. The molecule has 0 aliphatic carbocycles. The zero-order valence-electron chi connectivity index (χ0n) is 15.1. The lowest BCUT2D eigenvalue weighted by atomic mass is 10.1. The lowest BCUT2D eigenvalue weighted by Gasteiger charge is -2.29. The average molecular weight is 430 g/mol. The lowest BCUT2D eigenvalue weighted by Crippen LogP contribution is -2.43. The third kappa shape index (κ3) is 5.59. The second-order valence-electron chi connectivity index (χ2n) is 6.69. The van der Waals surface area contributed by atoms with Gasteiger partial charge < -0.3 is 15.2 Å². The van der Waals surface area contributed by atoms with Crippen LogP contribution in [0.15, 0.2) is 48.7 Å². The second kappa shape index (κ2) is 8.98. The van der Waals surface area contributed by atoms with Gasteiger partial charge in [-0.25, -0.2) is 9.78 Å². The van der Waals surface area contributed by atoms with E-state index in [0.29, 0.717) is 0 Å². The van der Waals surface area contributed by atoms with Crippen LogP contribution in [0, 0.1) is 0 Å². The summed E-state index contributed by atoms with van der Waals surface area (Å²) in [6.07, 6.45) is -5.53. The van der Waals surface area contributed by atoms with E-state index in [4.69, 9.17) is 16.3 Å². The molecule has 1 aliphatic heterocycles. The van der Waals surface area contributed by atoms with Crippen molar-refractivity contribution in [1.29, 1.82) is 0 Å². The number of carbonyl (C=O) groups excluding carboxylic acids is 1. The fourth-order valence-electron chi connectivity index (χ4n) is 3.24. The summed E-state index contributed by atoms with van der Waals surface area (Å²) < 4.78 is 46.1. The number of hydrogen-bond acceptors (Lipinski definition) is 5. The molecular formula is C19H19ClF3N3O3. The monoisotopic (exact) mass is 429 g/mol. The van der Waals surface area contributed by atoms with Gasteiger partial charge in [0, 0.05) is 19.3 Å². The van der Waals surface area contributed by atoms with Crippen molar-refractivity contribution in [3.63, 3.8) is 0 Å². The number of alkyl halides is 3. The standard InChI is InChI=1S/C19H19ClF3N3O3/c20-16-7-6-13(8-24-16)17(19(21,22)23)26-9-14(15(27)10-26)25-18(28)29-11-12-4-2-1-3-5-12/h1-8,14-15,17,27H,9-11H2,(H,25,28)/t14-,15-,17-/m1/s1. The van der Waals surface area contributed by atoms with E-state index in [1.54, 1.807) is 24.3 Å². The number of pyridine rings is 1. The summed E-state index contributed by atoms with van der Waals surface area (Å²) in [4.78, 5) is 16.8. The summed E-state index contributed by atoms with van der Waals surface area (Å²) in [5.41, 5.74) is 0.671. The largest absolute Gasteiger partial charge is 0.445 e. The van der Waals surface area contributed by atoms with Crippen LogP contribution in [0.2, 0.25) is 5.15 Å². The van der Waals surface area contributed by atoms with Crippen molar-refractivity contribution in [2.24, 2.45) is 0 Å². The van der Waals surface area contributed by atoms with Crippen molar-refractivity contribution in [2.75, 3.05) is 13.1 Å². The number of benzene rings is 1. The summed E-state index contributed by atoms with van der Waals surface area (Å²) in [7, 11) is 0. The Kier molecular flexibility index (Phi) is 6.61. The van der Waals surface area contributed by atoms with Gasteiger partial charge in [0.15, 0.2) is 0 Å². The smallest absolute Gasteiger partial charge is 0.408 e. The molecule has 1 amide bonds. The van der Waals surface area contributed by atoms with Crippen LogP contribution in [0.4, 0.5) is 18.0 Å². The molecule has 1 aromatic carbocycles. The number of nitrogens with zero attached hydrogens (tertiary/aromatic N) is 2. The van der Waals surface area contributed by atoms with Crippen LogP contribution in [0.3, 0.4) is 0 Å². The topological polar surface area (TPSA) is 74.7 Å². The summed E-state index contributed by atoms with van der Waals surface area (Å²) in [5, 5.41) is 12.7. The first-order chi connectivity index (χ1) is 13.7. The minimum atomic E-state index is -4.60. The maximum atomic E-state index is 13.7. The molecule has 0 spiro atoms. The van der Waals surface area contributed by atoms with Gasteiger partial charge >= 0.3 is 12.3 Å². The predicted octanol–water partition coefficient (Wildman–Crippen LogP) is 3.31. The van der Waals surface area contributed by atoms with Crippen molar-refractivity contribution in [3.05, 3.63) is 64.9 Å². The highest BCUT2D eigenvalue weighted by Crippen LogP contribution is 2.39. The Morgan fingerprint density at radius 1 is 1.28 bits per heavy atom. The molecule has 156 valence electrons. The molecule has 2 heterocycles. The molecule has 0 unspecified atom stereocenters. The van der Waals surface area contributed by atoms with Crippen molar-refractivity contribution in [1.82, 2.24) is 15.2 Å². The van der Waals surface area contributed by atoms with E-state index in [1.807, 2.05) is 6.07 Å². The maximum absolute atomic E-state index is 13.7. The van der Waals surface area contributed by atoms with Crippen LogP contribution in [-0.2, 0) is 11.3 Å². The first-order valence-corrected chi connectivity index (χ1v) is 9.19. The number of hydrogen-bond donors (Lipinski definition) is 2. The molecular weight excluding hydrogens is 411 g/mol.